The summed E-state index contributed by atoms with van der Waals surface area (Å²) in [6, 6.07) is 0. The number of quaternary nitrogens is 1. The first-order valence-corrected chi connectivity index (χ1v) is 7.84. The van der Waals surface area contributed by atoms with Gasteiger partial charge in [0.25, 0.3) is 10.1 Å². The van der Waals surface area contributed by atoms with E-state index < -0.39 is 10.1 Å². The van der Waals surface area contributed by atoms with Crippen LogP contribution in [0.15, 0.2) is 12.2 Å². The van der Waals surface area contributed by atoms with Crippen molar-refractivity contribution in [3.63, 3.8) is 0 Å². The predicted molar refractivity (Wildman–Crippen MR) is 75.2 cm³/mol. The zero-order valence-corrected chi connectivity index (χ0v) is 13.1. The lowest BCUT2D eigenvalue weighted by molar-refractivity contribution is -0.890. The van der Waals surface area contributed by atoms with Crippen molar-refractivity contribution in [2.45, 2.75) is 19.8 Å². The molecule has 20 heavy (non-hydrogen) atoms. The van der Waals surface area contributed by atoms with Gasteiger partial charge in [-0.15, -0.1) is 0 Å². The summed E-state index contributed by atoms with van der Waals surface area (Å²) in [6.45, 7) is 3.51. The predicted octanol–water partition coefficient (Wildman–Crippen LogP) is 0.673. The highest BCUT2D eigenvalue weighted by atomic mass is 32.2. The first kappa shape index (κ1) is 21.3. The number of allylic oxidation sites excluding steroid dienone is 1. The van der Waals surface area contributed by atoms with E-state index in [-0.39, 0.29) is 17.2 Å². The van der Waals surface area contributed by atoms with Gasteiger partial charge in [0.1, 0.15) is 0 Å². The van der Waals surface area contributed by atoms with E-state index in [0.717, 1.165) is 6.54 Å². The fourth-order valence-corrected chi connectivity index (χ4v) is 2.13. The SMILES string of the molecule is CC=CC(=O)OCCC[N+](C)(C)CCCS(=O)(=O)O.[OH-]. The van der Waals surface area contributed by atoms with Gasteiger partial charge in [0.2, 0.25) is 0 Å². The van der Waals surface area contributed by atoms with Crippen LogP contribution in [0.3, 0.4) is 0 Å². The Bertz CT molecular complexity index is 402. The van der Waals surface area contributed by atoms with Crippen LogP contribution in [0.2, 0.25) is 0 Å². The lowest BCUT2D eigenvalue weighted by Gasteiger charge is -2.29. The van der Waals surface area contributed by atoms with Crippen molar-refractivity contribution in [3.05, 3.63) is 12.2 Å². The maximum Gasteiger partial charge on any atom is 0.330 e. The quantitative estimate of drug-likeness (QED) is 0.220. The largest absolute Gasteiger partial charge is 0.870 e. The van der Waals surface area contributed by atoms with Crippen LogP contribution < -0.4 is 0 Å². The van der Waals surface area contributed by atoms with Gasteiger partial charge in [-0.1, -0.05) is 6.08 Å². The number of nitrogens with zero attached hydrogens (tertiary/aromatic N) is 1. The monoisotopic (exact) mass is 311 g/mol. The van der Waals surface area contributed by atoms with Crippen molar-refractivity contribution in [1.29, 1.82) is 0 Å². The molecule has 0 aromatic rings. The lowest BCUT2D eigenvalue weighted by atomic mass is 10.3. The minimum atomic E-state index is -3.88. The Morgan fingerprint density at radius 2 is 1.80 bits per heavy atom. The Morgan fingerprint density at radius 1 is 1.25 bits per heavy atom. The Balaban J connectivity index is 0. The van der Waals surface area contributed by atoms with Gasteiger partial charge in [0.15, 0.2) is 0 Å². The molecule has 0 spiro atoms. The second-order valence-corrected chi connectivity index (χ2v) is 6.62. The number of carbonyl (C=O) groups is 1. The molecule has 0 aromatic heterocycles. The van der Waals surface area contributed by atoms with E-state index in [9.17, 15) is 13.2 Å². The van der Waals surface area contributed by atoms with E-state index in [1.807, 2.05) is 14.1 Å². The van der Waals surface area contributed by atoms with Crippen LogP contribution in [0, 0.1) is 0 Å². The third kappa shape index (κ3) is 13.5. The zero-order valence-electron chi connectivity index (χ0n) is 12.3. The second-order valence-electron chi connectivity index (χ2n) is 5.04. The van der Waals surface area contributed by atoms with Crippen molar-refractivity contribution in [2.24, 2.45) is 0 Å². The highest BCUT2D eigenvalue weighted by molar-refractivity contribution is 7.85. The molecule has 0 aliphatic carbocycles. The normalized spacial score (nSPS) is 12.2. The third-order valence-corrected chi connectivity index (χ3v) is 3.43. The van der Waals surface area contributed by atoms with Gasteiger partial charge < -0.3 is 14.7 Å². The summed E-state index contributed by atoms with van der Waals surface area (Å²) in [6.07, 6.45) is 4.11. The van der Waals surface area contributed by atoms with Gasteiger partial charge in [-0.2, -0.15) is 8.42 Å². The average Bonchev–Trinajstić information content (AvgIpc) is 2.22. The summed E-state index contributed by atoms with van der Waals surface area (Å²) in [5, 5.41) is 0. The van der Waals surface area contributed by atoms with Crippen LogP contribution in [0.4, 0.5) is 0 Å². The minimum Gasteiger partial charge on any atom is -0.870 e. The van der Waals surface area contributed by atoms with Crippen molar-refractivity contribution in [3.8, 4) is 0 Å². The Hall–Kier alpha value is -0.960. The number of rotatable bonds is 9. The Labute approximate surface area is 120 Å². The van der Waals surface area contributed by atoms with Gasteiger partial charge in [-0.25, -0.2) is 4.79 Å². The molecule has 0 saturated carbocycles. The summed E-state index contributed by atoms with van der Waals surface area (Å²) in [5.41, 5.74) is 0. The number of ether oxygens (including phenoxy) is 1. The number of esters is 1. The smallest absolute Gasteiger partial charge is 0.330 e. The van der Waals surface area contributed by atoms with Crippen LogP contribution in [0.5, 0.6) is 0 Å². The van der Waals surface area contributed by atoms with Crippen LogP contribution in [0.1, 0.15) is 19.8 Å². The standard InChI is InChI=1S/C12H23NO5S.H2O/c1-4-7-12(14)18-10-5-8-13(2,3)9-6-11-19(15,16)17;/h4,7H,5-6,8-11H2,1-3H3;1H2. The molecule has 0 fully saturated rings. The number of carbonyl (C=O) groups excluding carboxylic acids is 1. The molecule has 0 unspecified atom stereocenters. The van der Waals surface area contributed by atoms with Crippen LogP contribution >= 0.6 is 0 Å². The van der Waals surface area contributed by atoms with Crippen molar-refractivity contribution in [1.82, 2.24) is 0 Å². The van der Waals surface area contributed by atoms with E-state index in [2.05, 4.69) is 0 Å². The van der Waals surface area contributed by atoms with E-state index in [1.165, 1.54) is 6.08 Å². The molecule has 0 saturated heterocycles. The summed E-state index contributed by atoms with van der Waals surface area (Å²) >= 11 is 0. The van der Waals surface area contributed by atoms with E-state index >= 15 is 0 Å². The molecule has 0 rings (SSSR count). The van der Waals surface area contributed by atoms with E-state index in [0.29, 0.717) is 30.5 Å². The Kier molecular flexibility index (Phi) is 10.5. The van der Waals surface area contributed by atoms with Gasteiger partial charge in [0.05, 0.1) is 39.5 Å². The third-order valence-electron chi connectivity index (χ3n) is 2.62. The molecule has 8 heteroatoms. The highest BCUT2D eigenvalue weighted by Crippen LogP contribution is 2.03. The molecule has 2 N–H and O–H groups in total. The first-order valence-electron chi connectivity index (χ1n) is 6.23. The molecule has 0 aliphatic rings. The van der Waals surface area contributed by atoms with E-state index in [1.54, 1.807) is 13.0 Å². The van der Waals surface area contributed by atoms with Crippen LogP contribution in [-0.4, -0.2) is 68.4 Å². The van der Waals surface area contributed by atoms with Crippen LogP contribution in [0.25, 0.3) is 0 Å². The average molecular weight is 311 g/mol. The van der Waals surface area contributed by atoms with Crippen molar-refractivity contribution < 1.29 is 32.5 Å². The van der Waals surface area contributed by atoms with Gasteiger partial charge >= 0.3 is 5.97 Å². The first-order chi connectivity index (χ1) is 8.66. The molecule has 0 aromatic carbocycles. The van der Waals surface area contributed by atoms with Gasteiger partial charge in [-0.05, 0) is 6.92 Å². The zero-order chi connectivity index (χ0) is 14.9. The molecule has 0 atom stereocenters. The van der Waals surface area contributed by atoms with Crippen molar-refractivity contribution >= 4 is 16.1 Å². The summed E-state index contributed by atoms with van der Waals surface area (Å²) in [7, 11) is 0.0638. The topological polar surface area (TPSA) is 111 Å². The molecule has 0 aliphatic heterocycles. The minimum absolute atomic E-state index is 0. The molecule has 0 radical (unpaired) electrons. The molecule has 7 nitrogen and oxygen atoms in total. The summed E-state index contributed by atoms with van der Waals surface area (Å²) in [5.74, 6) is -0.565. The molecular formula is C12H25NO6S. The Morgan fingerprint density at radius 3 is 2.30 bits per heavy atom. The van der Waals surface area contributed by atoms with E-state index in [4.69, 9.17) is 9.29 Å². The van der Waals surface area contributed by atoms with Gasteiger partial charge in [-0.3, -0.25) is 4.55 Å². The maximum absolute atomic E-state index is 11.0. The summed E-state index contributed by atoms with van der Waals surface area (Å²) in [4.78, 5) is 11.0. The van der Waals surface area contributed by atoms with Crippen molar-refractivity contribution in [2.75, 3.05) is 39.5 Å². The van der Waals surface area contributed by atoms with Crippen LogP contribution in [-0.2, 0) is 19.6 Å². The van der Waals surface area contributed by atoms with Gasteiger partial charge in [0, 0.05) is 18.9 Å². The fraction of sp³-hybridized carbons (Fsp3) is 0.750. The maximum atomic E-state index is 11.0. The second kappa shape index (κ2) is 9.87. The number of hydrogen-bond donors (Lipinski definition) is 1. The molecule has 0 bridgehead atoms. The highest BCUT2D eigenvalue weighted by Gasteiger charge is 2.16. The molecule has 0 heterocycles. The number of hydrogen-bond acceptors (Lipinski definition) is 5. The fourth-order valence-electron chi connectivity index (χ4n) is 1.64. The molecule has 120 valence electrons. The molecular weight excluding hydrogens is 286 g/mol. The summed E-state index contributed by atoms with van der Waals surface area (Å²) < 4.78 is 35.4. The lowest BCUT2D eigenvalue weighted by Crippen LogP contribution is -2.42. The molecule has 0 amide bonds.